The van der Waals surface area contributed by atoms with Crippen LogP contribution in [-0.2, 0) is 46.7 Å². The number of aldehydes is 1. The number of amidine groups is 5. The fraction of sp³-hybridized carbons (Fsp3) is 0.411. The number of nitrogens with zero attached hydrogens (tertiary/aromatic N) is 5. The SMILES string of the molecule is C/C(=C1\C[C@@](C)(c2cc(C)ccc2F)N=C(NC(=O)OC(C)(C)C)S1)C(F)F.C/C(C=O)=C1\C[C@@](C)(c2cc(C)ccc2F)N=C(NC(=O)OC(C)(C)C)S1.C/C(CO)=C1\C[C@@](C)(c2cc(C)ccc2F)N=C(NC(=O)OC(C)(C)C)S1.C/C(CO)=C1\C[C@@](C)(c2cc(N)ccc2F)N=C(N)S1.C/C(CO)=C1\C[C@@](C)(c2cc(N)ccc2F)N=C(NC(=O)c2ccccc2)S1. The van der Waals surface area contributed by atoms with Gasteiger partial charge < -0.3 is 52.0 Å². The number of carbonyl (C=O) groups excluding carboxylic acids is 5. The minimum atomic E-state index is -2.66. The van der Waals surface area contributed by atoms with Gasteiger partial charge in [-0.15, -0.1) is 0 Å². The van der Waals surface area contributed by atoms with E-state index in [-0.39, 0.29) is 71.1 Å². The lowest BCUT2D eigenvalue weighted by atomic mass is 9.87. The molecule has 13 N–H and O–H groups in total. The number of ether oxygens (including phenoxy) is 3. The van der Waals surface area contributed by atoms with Crippen molar-refractivity contribution in [2.24, 2.45) is 30.7 Å². The minimum Gasteiger partial charge on any atom is -0.444 e. The van der Waals surface area contributed by atoms with E-state index in [1.165, 1.54) is 96.4 Å². The molecule has 4 amide bonds. The second kappa shape index (κ2) is 44.9. The number of aryl methyl sites for hydroxylation is 3. The van der Waals surface area contributed by atoms with Crippen molar-refractivity contribution >= 4 is 126 Å². The molecule has 0 saturated heterocycles. The van der Waals surface area contributed by atoms with Crippen LogP contribution in [0.2, 0.25) is 0 Å². The fourth-order valence-corrected chi connectivity index (χ4v) is 19.3. The van der Waals surface area contributed by atoms with E-state index in [0.29, 0.717) is 90.9 Å². The molecule has 0 saturated carbocycles. The number of carbonyl (C=O) groups is 5. The Morgan fingerprint density at radius 3 is 1.01 bits per heavy atom. The Morgan fingerprint density at radius 2 is 0.692 bits per heavy atom. The molecule has 11 rings (SSSR count). The largest absolute Gasteiger partial charge is 0.444 e. The number of aliphatic hydroxyl groups excluding tert-OH is 3. The zero-order valence-corrected chi connectivity index (χ0v) is 81.2. The highest BCUT2D eigenvalue weighted by molar-refractivity contribution is 8.18. The molecule has 5 heterocycles. The maximum absolute atomic E-state index is 14.6. The Bertz CT molecular complexity index is 5570. The van der Waals surface area contributed by atoms with Crippen molar-refractivity contribution in [2.75, 3.05) is 31.3 Å². The van der Waals surface area contributed by atoms with Gasteiger partial charge in [-0.2, -0.15) is 0 Å². The van der Waals surface area contributed by atoms with Crippen molar-refractivity contribution in [3.05, 3.63) is 253 Å². The molecule has 5 atom stereocenters. The van der Waals surface area contributed by atoms with Crippen LogP contribution in [0.5, 0.6) is 0 Å². The molecule has 6 aromatic carbocycles. The number of aliphatic hydroxyl groups is 3. The summed E-state index contributed by atoms with van der Waals surface area (Å²) in [6.45, 7) is 38.4. The molecule has 0 aliphatic carbocycles. The Morgan fingerprint density at radius 1 is 0.415 bits per heavy atom. The lowest BCUT2D eigenvalue weighted by molar-refractivity contribution is -0.104. The smallest absolute Gasteiger partial charge is 0.413 e. The molecule has 0 unspecified atom stereocenters. The summed E-state index contributed by atoms with van der Waals surface area (Å²) in [4.78, 5) is 86.8. The van der Waals surface area contributed by atoms with Gasteiger partial charge in [-0.3, -0.25) is 50.5 Å². The quantitative estimate of drug-likeness (QED) is 0.0189. The number of aliphatic imine (C=N–C) groups is 5. The third-order valence-corrected chi connectivity index (χ3v) is 25.7. The summed E-state index contributed by atoms with van der Waals surface area (Å²) in [6, 6.07) is 32.0. The second-order valence-electron chi connectivity index (χ2n) is 35.7. The lowest BCUT2D eigenvalue weighted by Crippen LogP contribution is -2.38. The van der Waals surface area contributed by atoms with Crippen LogP contribution < -0.4 is 38.5 Å². The molecule has 702 valence electrons. The van der Waals surface area contributed by atoms with E-state index in [9.17, 15) is 70.0 Å². The van der Waals surface area contributed by atoms with Crippen LogP contribution in [0.4, 0.5) is 56.5 Å². The molecule has 0 fully saturated rings. The Kier molecular flexibility index (Phi) is 36.9. The average molecular weight is 1900 g/mol. The van der Waals surface area contributed by atoms with Crippen LogP contribution in [0.1, 0.15) is 219 Å². The first-order valence-corrected chi connectivity index (χ1v) is 45.4. The number of nitrogens with one attached hydrogen (secondary N) is 4. The first-order chi connectivity index (χ1) is 60.3. The zero-order valence-electron chi connectivity index (χ0n) is 77.1. The summed E-state index contributed by atoms with van der Waals surface area (Å²) in [5, 5.41) is 40.4. The van der Waals surface area contributed by atoms with Gasteiger partial charge in [-0.1, -0.05) is 130 Å². The summed E-state index contributed by atoms with van der Waals surface area (Å²) in [6.07, 6.45) is -2.13. The molecule has 5 aliphatic rings. The second-order valence-corrected chi connectivity index (χ2v) is 41.2. The lowest BCUT2D eigenvalue weighted by Gasteiger charge is -2.33. The molecule has 23 nitrogen and oxygen atoms in total. The van der Waals surface area contributed by atoms with E-state index in [0.717, 1.165) is 71.1 Å². The molecule has 130 heavy (non-hydrogen) atoms. The van der Waals surface area contributed by atoms with Gasteiger partial charge in [-0.25, -0.2) is 45.1 Å². The number of halogens is 7. The van der Waals surface area contributed by atoms with Crippen molar-refractivity contribution in [1.82, 2.24) is 21.3 Å². The van der Waals surface area contributed by atoms with Crippen LogP contribution >= 0.6 is 58.8 Å². The molecule has 0 aromatic heterocycles. The minimum absolute atomic E-state index is 0.0505. The van der Waals surface area contributed by atoms with E-state index in [4.69, 9.17) is 31.4 Å². The van der Waals surface area contributed by atoms with Gasteiger partial charge in [0.25, 0.3) is 12.3 Å². The highest BCUT2D eigenvalue weighted by Crippen LogP contribution is 2.50. The maximum atomic E-state index is 14.6. The Hall–Kier alpha value is -10.1. The van der Waals surface area contributed by atoms with Crippen molar-refractivity contribution < 1.29 is 84.2 Å². The van der Waals surface area contributed by atoms with Crippen molar-refractivity contribution in [3.8, 4) is 0 Å². The number of amides is 4. The number of alkyl carbamates (subject to hydrolysis) is 3. The zero-order chi connectivity index (χ0) is 97.3. The van der Waals surface area contributed by atoms with Crippen LogP contribution in [0.3, 0.4) is 0 Å². The Balaban J connectivity index is 0.000000223. The number of rotatable bonds is 11. The van der Waals surface area contributed by atoms with Crippen molar-refractivity contribution in [1.29, 1.82) is 0 Å². The summed E-state index contributed by atoms with van der Waals surface area (Å²) in [7, 11) is 0. The molecule has 5 aliphatic heterocycles. The van der Waals surface area contributed by atoms with E-state index >= 15 is 0 Å². The number of nitrogen functional groups attached to an aromatic ring is 2. The summed E-state index contributed by atoms with van der Waals surface area (Å²) < 4.78 is 115. The monoisotopic (exact) mass is 1890 g/mol. The van der Waals surface area contributed by atoms with Gasteiger partial charge >= 0.3 is 18.3 Å². The molecule has 0 radical (unpaired) electrons. The van der Waals surface area contributed by atoms with Gasteiger partial charge in [0.1, 0.15) is 52.2 Å². The number of hydrogen-bond acceptors (Lipinski definition) is 24. The Labute approximate surface area is 777 Å². The van der Waals surface area contributed by atoms with Crippen LogP contribution in [0.25, 0.3) is 0 Å². The first-order valence-electron chi connectivity index (χ1n) is 41.3. The number of nitrogens with two attached hydrogens (primary N) is 3. The van der Waals surface area contributed by atoms with Gasteiger partial charge in [0.05, 0.1) is 47.5 Å². The van der Waals surface area contributed by atoms with Crippen LogP contribution in [0, 0.1) is 49.9 Å². The maximum Gasteiger partial charge on any atom is 0.413 e. The van der Waals surface area contributed by atoms with E-state index < -0.39 is 80.8 Å². The highest BCUT2D eigenvalue weighted by atomic mass is 32.2. The number of thioether (sulfide) groups is 5. The third kappa shape index (κ3) is 30.5. The number of benzene rings is 6. The highest BCUT2D eigenvalue weighted by Gasteiger charge is 2.43. The van der Waals surface area contributed by atoms with Crippen LogP contribution in [0.15, 0.2) is 199 Å². The predicted octanol–water partition coefficient (Wildman–Crippen LogP) is 21.5. The van der Waals surface area contributed by atoms with Crippen LogP contribution in [-0.4, -0.2) is 115 Å². The molecule has 0 bridgehead atoms. The van der Waals surface area contributed by atoms with Crippen molar-refractivity contribution in [2.45, 2.75) is 235 Å². The summed E-state index contributed by atoms with van der Waals surface area (Å²) >= 11 is 5.99. The molecular weight excluding hydrogens is 1780 g/mol. The summed E-state index contributed by atoms with van der Waals surface area (Å²) in [5.41, 5.74) is 19.4. The molecule has 0 spiro atoms. The van der Waals surface area contributed by atoms with E-state index in [2.05, 4.69) is 46.2 Å². The van der Waals surface area contributed by atoms with E-state index in [1.54, 1.807) is 170 Å². The standard InChI is InChI=1S/C21H22FN3O2S.C20H25F3N2O2S.C20H27FN2O3S.C20H25FN2O3S.C14H18FN3OS/c1-13(12-26)18-11-21(2,16-10-15(23)8-9-17(16)22)25-20(28-18)24-19(27)14-6-4-3-5-7-14;1-11-7-8-14(21)13(9-11)20(6)10-15(12(2)16(22)23)28-17(25-20)24-18(26)27-19(3,4)5;2*1-12-7-8-15(21)14(9-12)20(6)10-16(13(2)11-24)27-17(23-20)22-18(25)26-19(3,4)5;1-8(7-19)12-6-14(2,18-13(17)20-12)10-5-9(16)3-4-11(10)15/h3-10,26H,11-12,23H2,1-2H3,(H,24,25,27);7-9,16H,10H2,1-6H3,(H,24,25,26);7-9,24H,10-11H2,1-6H3,(H,22,23,25);7-9,11H,10H2,1-6H3,(H,22,23,25);3-5,19H,6-7,16H2,1-2H3,(H2,17,18)/b18-13-;15-12-;2*16-13-;12-8-/t21-;3*20-;14-/m00000/s1. The van der Waals surface area contributed by atoms with E-state index in [1.807, 2.05) is 54.5 Å². The topological polar surface area (TPSA) is 362 Å². The molecule has 35 heteroatoms. The predicted molar refractivity (Wildman–Crippen MR) is 513 cm³/mol. The van der Waals surface area contributed by atoms with Gasteiger partial charge in [-0.05, 0) is 256 Å². The number of anilines is 2. The fourth-order valence-electron chi connectivity index (χ4n) is 13.4. The normalized spacial score (nSPS) is 22.3. The number of alkyl halides is 2. The first kappa shape index (κ1) is 107. The average Bonchev–Trinajstić information content (AvgIpc) is 0.790. The third-order valence-electron chi connectivity index (χ3n) is 20.2. The molecular formula is C95H117F7N12O11S5. The molecule has 6 aromatic rings. The van der Waals surface area contributed by atoms with Gasteiger partial charge in [0.2, 0.25) is 0 Å². The van der Waals surface area contributed by atoms with Gasteiger partial charge in [0, 0.05) is 92.2 Å². The summed E-state index contributed by atoms with van der Waals surface area (Å²) in [5.74, 6) is -2.28. The van der Waals surface area contributed by atoms with Crippen molar-refractivity contribution in [3.63, 3.8) is 0 Å². The number of allylic oxidation sites excluding steroid dienone is 2. The number of hydrogen-bond donors (Lipinski definition) is 10. The van der Waals surface area contributed by atoms with Gasteiger partial charge in [0.15, 0.2) is 25.8 Å².